The molecule has 1 aliphatic rings. The Morgan fingerprint density at radius 1 is 1.29 bits per heavy atom. The first-order valence-corrected chi connectivity index (χ1v) is 8.83. The molecule has 0 bridgehead atoms. The molecule has 118 valence electrons. The lowest BCUT2D eigenvalue weighted by Gasteiger charge is -2.27. The maximum atomic E-state index is 12.3. The lowest BCUT2D eigenvalue weighted by atomic mass is 9.87. The first-order chi connectivity index (χ1) is 9.90. The largest absolute Gasteiger partial charge is 0.393 e. The lowest BCUT2D eigenvalue weighted by molar-refractivity contribution is 0.0724. The summed E-state index contributed by atoms with van der Waals surface area (Å²) in [6.45, 7) is 0.301. The van der Waals surface area contributed by atoms with Gasteiger partial charge in [-0.2, -0.15) is 0 Å². The summed E-state index contributed by atoms with van der Waals surface area (Å²) in [4.78, 5) is 2.13. The Balaban J connectivity index is 2.06. The van der Waals surface area contributed by atoms with Crippen LogP contribution in [0.4, 0.5) is 5.69 Å². The predicted octanol–water partition coefficient (Wildman–Crippen LogP) is 1.58. The first-order valence-electron chi connectivity index (χ1n) is 7.35. The van der Waals surface area contributed by atoms with Crippen molar-refractivity contribution in [1.82, 2.24) is 4.72 Å². The molecule has 21 heavy (non-hydrogen) atoms. The number of rotatable bonds is 5. The van der Waals surface area contributed by atoms with Crippen LogP contribution >= 0.6 is 0 Å². The predicted molar refractivity (Wildman–Crippen MR) is 83.9 cm³/mol. The molecule has 1 aliphatic carbocycles. The smallest absolute Gasteiger partial charge is 0.240 e. The summed E-state index contributed by atoms with van der Waals surface area (Å²) in [5.41, 5.74) is 0.843. The fourth-order valence-electron chi connectivity index (χ4n) is 2.66. The first kappa shape index (κ1) is 16.3. The van der Waals surface area contributed by atoms with Gasteiger partial charge in [0.15, 0.2) is 0 Å². The van der Waals surface area contributed by atoms with Crippen molar-refractivity contribution in [3.8, 4) is 0 Å². The van der Waals surface area contributed by atoms with Crippen molar-refractivity contribution in [3.05, 3.63) is 24.3 Å². The van der Waals surface area contributed by atoms with Crippen LogP contribution < -0.4 is 9.62 Å². The molecule has 0 radical (unpaired) electrons. The molecule has 0 amide bonds. The monoisotopic (exact) mass is 312 g/mol. The topological polar surface area (TPSA) is 69.6 Å². The second kappa shape index (κ2) is 6.77. The third-order valence-electron chi connectivity index (χ3n) is 4.05. The molecule has 2 atom stereocenters. The Hall–Kier alpha value is -1.11. The van der Waals surface area contributed by atoms with Crippen molar-refractivity contribution in [1.29, 1.82) is 0 Å². The minimum Gasteiger partial charge on any atom is -0.393 e. The van der Waals surface area contributed by atoms with Gasteiger partial charge in [-0.3, -0.25) is 0 Å². The minimum absolute atomic E-state index is 0.0190. The van der Waals surface area contributed by atoms with Crippen LogP contribution in [-0.2, 0) is 10.0 Å². The van der Waals surface area contributed by atoms with E-state index in [1.165, 1.54) is 0 Å². The highest BCUT2D eigenvalue weighted by Gasteiger charge is 2.25. The fraction of sp³-hybridized carbons (Fsp3) is 0.600. The number of aliphatic hydroxyl groups is 1. The van der Waals surface area contributed by atoms with Crippen molar-refractivity contribution in [2.75, 3.05) is 25.5 Å². The summed E-state index contributed by atoms with van der Waals surface area (Å²) in [5, 5.41) is 9.91. The molecule has 6 heteroatoms. The second-order valence-corrected chi connectivity index (χ2v) is 7.62. The van der Waals surface area contributed by atoms with E-state index in [0.29, 0.717) is 6.54 Å². The van der Waals surface area contributed by atoms with E-state index in [4.69, 9.17) is 0 Å². The van der Waals surface area contributed by atoms with E-state index in [-0.39, 0.29) is 10.8 Å². The van der Waals surface area contributed by atoms with Gasteiger partial charge in [-0.1, -0.05) is 18.9 Å². The maximum absolute atomic E-state index is 12.3. The zero-order valence-corrected chi connectivity index (χ0v) is 13.4. The van der Waals surface area contributed by atoms with Crippen LogP contribution in [0.15, 0.2) is 29.2 Å². The van der Waals surface area contributed by atoms with Crippen LogP contribution in [0.5, 0.6) is 0 Å². The Morgan fingerprint density at radius 2 is 2.00 bits per heavy atom. The van der Waals surface area contributed by atoms with Gasteiger partial charge < -0.3 is 10.0 Å². The van der Waals surface area contributed by atoms with Gasteiger partial charge >= 0.3 is 0 Å². The van der Waals surface area contributed by atoms with Crippen LogP contribution in [0.25, 0.3) is 0 Å². The number of nitrogens with zero attached hydrogens (tertiary/aromatic N) is 1. The quantitative estimate of drug-likeness (QED) is 0.866. The highest BCUT2D eigenvalue weighted by atomic mass is 32.2. The Labute approximate surface area is 127 Å². The summed E-state index contributed by atoms with van der Waals surface area (Å²) >= 11 is 0. The lowest BCUT2D eigenvalue weighted by Crippen LogP contribution is -2.36. The summed E-state index contributed by atoms with van der Waals surface area (Å²) in [5.74, 6) is 0.0190. The van der Waals surface area contributed by atoms with Gasteiger partial charge in [0.1, 0.15) is 0 Å². The van der Waals surface area contributed by atoms with Crippen LogP contribution in [0.1, 0.15) is 25.7 Å². The Morgan fingerprint density at radius 3 is 2.67 bits per heavy atom. The molecule has 0 saturated heterocycles. The van der Waals surface area contributed by atoms with Gasteiger partial charge in [-0.15, -0.1) is 0 Å². The SMILES string of the molecule is CN(C)c1cccc(S(=O)(=O)NC[C@H]2CCCC[C@@H]2O)c1. The number of nitrogens with one attached hydrogen (secondary N) is 1. The molecule has 1 aromatic rings. The van der Waals surface area contributed by atoms with Crippen LogP contribution in [-0.4, -0.2) is 40.3 Å². The Kier molecular flexibility index (Phi) is 5.24. The van der Waals surface area contributed by atoms with E-state index in [1.807, 2.05) is 25.1 Å². The molecule has 2 rings (SSSR count). The van der Waals surface area contributed by atoms with Gasteiger partial charge in [-0.25, -0.2) is 13.1 Å². The van der Waals surface area contributed by atoms with Gasteiger partial charge in [0, 0.05) is 26.3 Å². The summed E-state index contributed by atoms with van der Waals surface area (Å²) < 4.78 is 27.3. The standard InChI is InChI=1S/C15H24N2O3S/c1-17(2)13-7-5-8-14(10-13)21(19,20)16-11-12-6-3-4-9-15(12)18/h5,7-8,10,12,15-16,18H,3-4,6,9,11H2,1-2H3/t12-,15+/m1/s1. The van der Waals surface area contributed by atoms with E-state index < -0.39 is 16.1 Å². The van der Waals surface area contributed by atoms with Crippen molar-refractivity contribution in [2.45, 2.75) is 36.7 Å². The fourth-order valence-corrected chi connectivity index (χ4v) is 3.79. The molecule has 0 aliphatic heterocycles. The third kappa shape index (κ3) is 4.18. The molecule has 0 unspecified atom stereocenters. The van der Waals surface area contributed by atoms with Gasteiger partial charge in [-0.05, 0) is 37.0 Å². The van der Waals surface area contributed by atoms with Crippen LogP contribution in [0, 0.1) is 5.92 Å². The zero-order chi connectivity index (χ0) is 15.5. The number of hydrogen-bond donors (Lipinski definition) is 2. The third-order valence-corrected chi connectivity index (χ3v) is 5.47. The number of benzene rings is 1. The van der Waals surface area contributed by atoms with Crippen LogP contribution in [0.2, 0.25) is 0 Å². The molecule has 1 saturated carbocycles. The van der Waals surface area contributed by atoms with E-state index >= 15 is 0 Å². The average Bonchev–Trinajstić information content (AvgIpc) is 2.46. The average molecular weight is 312 g/mol. The number of aliphatic hydroxyl groups excluding tert-OH is 1. The van der Waals surface area contributed by atoms with Crippen molar-refractivity contribution >= 4 is 15.7 Å². The van der Waals surface area contributed by atoms with Crippen molar-refractivity contribution in [3.63, 3.8) is 0 Å². The summed E-state index contributed by atoms with van der Waals surface area (Å²) in [6.07, 6.45) is 3.33. The highest BCUT2D eigenvalue weighted by molar-refractivity contribution is 7.89. The van der Waals surface area contributed by atoms with E-state index in [1.54, 1.807) is 18.2 Å². The zero-order valence-electron chi connectivity index (χ0n) is 12.6. The number of sulfonamides is 1. The maximum Gasteiger partial charge on any atom is 0.240 e. The Bertz CT molecular complexity index is 572. The highest BCUT2D eigenvalue weighted by Crippen LogP contribution is 2.24. The molecule has 0 spiro atoms. The molecule has 0 heterocycles. The van der Waals surface area contributed by atoms with Crippen molar-refractivity contribution < 1.29 is 13.5 Å². The van der Waals surface area contributed by atoms with E-state index in [0.717, 1.165) is 31.4 Å². The van der Waals surface area contributed by atoms with Gasteiger partial charge in [0.05, 0.1) is 11.0 Å². The molecule has 1 aromatic carbocycles. The summed E-state index contributed by atoms with van der Waals surface area (Å²) in [7, 11) is 0.218. The minimum atomic E-state index is -3.53. The number of hydrogen-bond acceptors (Lipinski definition) is 4. The van der Waals surface area contributed by atoms with Crippen molar-refractivity contribution in [2.24, 2.45) is 5.92 Å². The molecular weight excluding hydrogens is 288 g/mol. The molecular formula is C15H24N2O3S. The molecule has 5 nitrogen and oxygen atoms in total. The summed E-state index contributed by atoms with van der Waals surface area (Å²) in [6, 6.07) is 6.84. The second-order valence-electron chi connectivity index (χ2n) is 5.86. The van der Waals surface area contributed by atoms with Crippen LogP contribution in [0.3, 0.4) is 0 Å². The van der Waals surface area contributed by atoms with E-state index in [2.05, 4.69) is 4.72 Å². The normalized spacial score (nSPS) is 23.0. The van der Waals surface area contributed by atoms with E-state index in [9.17, 15) is 13.5 Å². The van der Waals surface area contributed by atoms with Gasteiger partial charge in [0.25, 0.3) is 0 Å². The van der Waals surface area contributed by atoms with Gasteiger partial charge in [0.2, 0.25) is 10.0 Å². The molecule has 2 N–H and O–H groups in total. The molecule has 1 fully saturated rings. The molecule has 0 aromatic heterocycles. The number of anilines is 1.